The summed E-state index contributed by atoms with van der Waals surface area (Å²) in [7, 11) is 0. The lowest BCUT2D eigenvalue weighted by Crippen LogP contribution is -2.39. The monoisotopic (exact) mass is 326 g/mol. The van der Waals surface area contributed by atoms with Crippen LogP contribution < -0.4 is 10.2 Å². The number of halogens is 1. The van der Waals surface area contributed by atoms with E-state index in [1.54, 1.807) is 12.1 Å². The van der Waals surface area contributed by atoms with Crippen molar-refractivity contribution >= 4 is 11.6 Å². The molecule has 0 aliphatic carbocycles. The molecule has 0 saturated carbocycles. The Morgan fingerprint density at radius 1 is 1.17 bits per heavy atom. The average molecular weight is 326 g/mol. The molecule has 0 radical (unpaired) electrons. The molecule has 3 rings (SSSR count). The van der Waals surface area contributed by atoms with Gasteiger partial charge in [-0.05, 0) is 41.7 Å². The van der Waals surface area contributed by atoms with Crippen molar-refractivity contribution in [1.29, 1.82) is 0 Å². The van der Waals surface area contributed by atoms with Crippen LogP contribution in [0.4, 0.5) is 10.1 Å². The van der Waals surface area contributed by atoms with E-state index in [0.717, 1.165) is 24.2 Å². The molecule has 1 aliphatic rings. The summed E-state index contributed by atoms with van der Waals surface area (Å²) in [6.07, 6.45) is 0.910. The van der Waals surface area contributed by atoms with Crippen LogP contribution >= 0.6 is 0 Å². The number of carbonyl (C=O) groups is 1. The second kappa shape index (κ2) is 7.14. The first kappa shape index (κ1) is 16.7. The standard InChI is InChI=1S/C20H23FN2O/c1-14(2)20(16-7-9-17(21)10-8-16)22-13-19(24)23-12-11-15-5-3-4-6-18(15)23/h3-10,14,20,22H,11-13H2,1-2H3/t20-/m1/s1. The lowest BCUT2D eigenvalue weighted by atomic mass is 9.96. The van der Waals surface area contributed by atoms with Crippen LogP contribution in [0.1, 0.15) is 31.0 Å². The summed E-state index contributed by atoms with van der Waals surface area (Å²) < 4.78 is 13.1. The third kappa shape index (κ3) is 3.49. The second-order valence-electron chi connectivity index (χ2n) is 6.58. The highest BCUT2D eigenvalue weighted by molar-refractivity contribution is 5.96. The molecule has 1 N–H and O–H groups in total. The summed E-state index contributed by atoms with van der Waals surface area (Å²) in [5.74, 6) is 0.132. The van der Waals surface area contributed by atoms with Gasteiger partial charge in [-0.15, -0.1) is 0 Å². The number of rotatable bonds is 5. The zero-order chi connectivity index (χ0) is 17.1. The Kier molecular flexibility index (Phi) is 4.95. The lowest BCUT2D eigenvalue weighted by Gasteiger charge is -2.25. The van der Waals surface area contributed by atoms with E-state index in [1.807, 2.05) is 23.1 Å². The molecule has 3 nitrogen and oxygen atoms in total. The summed E-state index contributed by atoms with van der Waals surface area (Å²) >= 11 is 0. The number of benzene rings is 2. The van der Waals surface area contributed by atoms with Crippen LogP contribution in [-0.4, -0.2) is 19.0 Å². The van der Waals surface area contributed by atoms with Crippen LogP contribution in [0.2, 0.25) is 0 Å². The fraction of sp³-hybridized carbons (Fsp3) is 0.350. The number of fused-ring (bicyclic) bond motifs is 1. The molecule has 126 valence electrons. The Labute approximate surface area is 142 Å². The number of nitrogens with zero attached hydrogens (tertiary/aromatic N) is 1. The molecule has 0 unspecified atom stereocenters. The fourth-order valence-electron chi connectivity index (χ4n) is 3.30. The van der Waals surface area contributed by atoms with Crippen molar-refractivity contribution in [3.05, 3.63) is 65.5 Å². The van der Waals surface area contributed by atoms with Gasteiger partial charge in [-0.25, -0.2) is 4.39 Å². The predicted molar refractivity (Wildman–Crippen MR) is 94.5 cm³/mol. The molecule has 0 aromatic heterocycles. The van der Waals surface area contributed by atoms with Gasteiger partial charge in [-0.1, -0.05) is 44.2 Å². The van der Waals surface area contributed by atoms with Gasteiger partial charge >= 0.3 is 0 Å². The first-order chi connectivity index (χ1) is 11.6. The minimum absolute atomic E-state index is 0.0207. The minimum Gasteiger partial charge on any atom is -0.311 e. The molecule has 1 amide bonds. The van der Waals surface area contributed by atoms with E-state index in [-0.39, 0.29) is 24.3 Å². The molecule has 4 heteroatoms. The SMILES string of the molecule is CC(C)[C@@H](NCC(=O)N1CCc2ccccc21)c1ccc(F)cc1. The number of amides is 1. The summed E-state index contributed by atoms with van der Waals surface area (Å²) in [5, 5.41) is 3.35. The molecule has 1 aliphatic heterocycles. The zero-order valence-electron chi connectivity index (χ0n) is 14.1. The first-order valence-corrected chi connectivity index (χ1v) is 8.43. The highest BCUT2D eigenvalue weighted by atomic mass is 19.1. The van der Waals surface area contributed by atoms with Crippen molar-refractivity contribution in [2.45, 2.75) is 26.3 Å². The van der Waals surface area contributed by atoms with Gasteiger partial charge in [-0.3, -0.25) is 4.79 Å². The zero-order valence-corrected chi connectivity index (χ0v) is 14.1. The van der Waals surface area contributed by atoms with Crippen LogP contribution in [0, 0.1) is 11.7 Å². The number of carbonyl (C=O) groups excluding carboxylic acids is 1. The molecule has 0 spiro atoms. The molecule has 2 aromatic rings. The van der Waals surface area contributed by atoms with Crippen LogP contribution in [0.25, 0.3) is 0 Å². The van der Waals surface area contributed by atoms with Crippen molar-refractivity contribution in [2.24, 2.45) is 5.92 Å². The van der Waals surface area contributed by atoms with Crippen LogP contribution in [0.5, 0.6) is 0 Å². The Hall–Kier alpha value is -2.20. The van der Waals surface area contributed by atoms with Crippen molar-refractivity contribution in [3.8, 4) is 0 Å². The quantitative estimate of drug-likeness (QED) is 0.908. The van der Waals surface area contributed by atoms with E-state index >= 15 is 0 Å². The van der Waals surface area contributed by atoms with E-state index in [2.05, 4.69) is 25.2 Å². The number of nitrogens with one attached hydrogen (secondary N) is 1. The molecular weight excluding hydrogens is 303 g/mol. The smallest absolute Gasteiger partial charge is 0.240 e. The maximum atomic E-state index is 13.1. The van der Waals surface area contributed by atoms with Crippen molar-refractivity contribution in [2.75, 3.05) is 18.0 Å². The van der Waals surface area contributed by atoms with Crippen LogP contribution in [0.3, 0.4) is 0 Å². The number of hydrogen-bond acceptors (Lipinski definition) is 2. The van der Waals surface area contributed by atoms with Crippen LogP contribution in [0.15, 0.2) is 48.5 Å². The van der Waals surface area contributed by atoms with Crippen molar-refractivity contribution in [3.63, 3.8) is 0 Å². The van der Waals surface area contributed by atoms with E-state index in [9.17, 15) is 9.18 Å². The van der Waals surface area contributed by atoms with Gasteiger partial charge in [0.15, 0.2) is 0 Å². The van der Waals surface area contributed by atoms with Crippen molar-refractivity contribution < 1.29 is 9.18 Å². The highest BCUT2D eigenvalue weighted by Crippen LogP contribution is 2.27. The van der Waals surface area contributed by atoms with Gasteiger partial charge in [0.05, 0.1) is 6.54 Å². The largest absolute Gasteiger partial charge is 0.311 e. The topological polar surface area (TPSA) is 32.3 Å². The predicted octanol–water partition coefficient (Wildman–Crippen LogP) is 3.70. The van der Waals surface area contributed by atoms with E-state index in [0.29, 0.717) is 5.92 Å². The summed E-state index contributed by atoms with van der Waals surface area (Å²) in [4.78, 5) is 14.5. The molecule has 0 saturated heterocycles. The van der Waals surface area contributed by atoms with Gasteiger partial charge in [0.25, 0.3) is 0 Å². The molecule has 0 bridgehead atoms. The Morgan fingerprint density at radius 2 is 1.88 bits per heavy atom. The highest BCUT2D eigenvalue weighted by Gasteiger charge is 2.25. The number of para-hydroxylation sites is 1. The number of hydrogen-bond donors (Lipinski definition) is 1. The van der Waals surface area contributed by atoms with E-state index in [4.69, 9.17) is 0 Å². The first-order valence-electron chi connectivity index (χ1n) is 8.43. The minimum atomic E-state index is -0.244. The molecule has 1 atom stereocenters. The maximum absolute atomic E-state index is 13.1. The summed E-state index contributed by atoms with van der Waals surface area (Å²) in [6, 6.07) is 14.6. The van der Waals surface area contributed by atoms with Gasteiger partial charge in [0.1, 0.15) is 5.82 Å². The third-order valence-corrected chi connectivity index (χ3v) is 4.56. The van der Waals surface area contributed by atoms with Gasteiger partial charge in [0, 0.05) is 18.3 Å². The number of anilines is 1. The molecule has 1 heterocycles. The lowest BCUT2D eigenvalue weighted by molar-refractivity contribution is -0.117. The molecule has 24 heavy (non-hydrogen) atoms. The Balaban J connectivity index is 1.67. The molecule has 2 aromatic carbocycles. The van der Waals surface area contributed by atoms with Gasteiger partial charge in [0.2, 0.25) is 5.91 Å². The molecular formula is C20H23FN2O. The van der Waals surface area contributed by atoms with Gasteiger partial charge < -0.3 is 10.2 Å². The second-order valence-corrected chi connectivity index (χ2v) is 6.58. The maximum Gasteiger partial charge on any atom is 0.240 e. The third-order valence-electron chi connectivity index (χ3n) is 4.56. The Morgan fingerprint density at radius 3 is 2.58 bits per heavy atom. The van der Waals surface area contributed by atoms with Crippen LogP contribution in [-0.2, 0) is 11.2 Å². The summed E-state index contributed by atoms with van der Waals surface area (Å²) in [5.41, 5.74) is 3.25. The van der Waals surface area contributed by atoms with Crippen molar-refractivity contribution in [1.82, 2.24) is 5.32 Å². The average Bonchev–Trinajstić information content (AvgIpc) is 3.00. The summed E-state index contributed by atoms with van der Waals surface area (Å²) in [6.45, 7) is 5.20. The normalized spacial score (nSPS) is 14.8. The van der Waals surface area contributed by atoms with E-state index < -0.39 is 0 Å². The molecule has 0 fully saturated rings. The van der Waals surface area contributed by atoms with E-state index in [1.165, 1.54) is 17.7 Å². The Bertz CT molecular complexity index is 712. The fourth-order valence-corrected chi connectivity index (χ4v) is 3.30. The van der Waals surface area contributed by atoms with Gasteiger partial charge in [-0.2, -0.15) is 0 Å².